The van der Waals surface area contributed by atoms with Crippen LogP contribution in [-0.2, 0) is 4.79 Å². The number of benzene rings is 2. The predicted octanol–water partition coefficient (Wildman–Crippen LogP) is 4.12. The fraction of sp³-hybridized carbons (Fsp3) is 0.235. The lowest BCUT2D eigenvalue weighted by Gasteiger charge is -2.26. The maximum Gasteiger partial charge on any atom is 0.258 e. The number of ether oxygens (including phenoxy) is 2. The molecule has 120 valence electrons. The Labute approximate surface area is 147 Å². The molecule has 0 unspecified atom stereocenters. The topological polar surface area (TPSA) is 47.6 Å². The Morgan fingerprint density at radius 1 is 1.35 bits per heavy atom. The fourth-order valence-corrected chi connectivity index (χ4v) is 3.19. The quantitative estimate of drug-likeness (QED) is 0.845. The zero-order valence-corrected chi connectivity index (χ0v) is 14.6. The Morgan fingerprint density at radius 2 is 2.17 bits per heavy atom. The Hall–Kier alpha value is -1.72. The molecule has 1 atom stereocenters. The number of rotatable bonds is 4. The monoisotopic (exact) mass is 395 g/mol. The summed E-state index contributed by atoms with van der Waals surface area (Å²) in [5.41, 5.74) is 0.994. The van der Waals surface area contributed by atoms with E-state index in [1.807, 2.05) is 30.3 Å². The van der Waals surface area contributed by atoms with Crippen molar-refractivity contribution in [1.29, 1.82) is 0 Å². The second kappa shape index (κ2) is 7.23. The number of carbonyl (C=O) groups is 1. The van der Waals surface area contributed by atoms with E-state index in [0.29, 0.717) is 17.4 Å². The van der Waals surface area contributed by atoms with Crippen LogP contribution in [0.3, 0.4) is 0 Å². The van der Waals surface area contributed by atoms with Crippen LogP contribution in [0.4, 0.5) is 0 Å². The predicted molar refractivity (Wildman–Crippen MR) is 92.1 cm³/mol. The molecule has 3 rings (SSSR count). The SMILES string of the molecule is O=C(COc1ccc(Br)cc1Cl)N[C@H]1CCOc2ccccc21. The van der Waals surface area contributed by atoms with E-state index in [4.69, 9.17) is 21.1 Å². The van der Waals surface area contributed by atoms with E-state index in [0.717, 1.165) is 22.2 Å². The molecule has 0 saturated carbocycles. The molecule has 0 saturated heterocycles. The van der Waals surface area contributed by atoms with Crippen molar-refractivity contribution < 1.29 is 14.3 Å². The first-order chi connectivity index (χ1) is 11.1. The van der Waals surface area contributed by atoms with Gasteiger partial charge in [-0.1, -0.05) is 45.7 Å². The highest BCUT2D eigenvalue weighted by Gasteiger charge is 2.22. The standard InChI is InChI=1S/C17H15BrClNO3/c18-11-5-6-16(13(19)9-11)23-10-17(21)20-14-7-8-22-15-4-2-1-3-12(14)15/h1-6,9,14H,7-8,10H2,(H,20,21)/t14-/m0/s1. The molecule has 2 aromatic carbocycles. The van der Waals surface area contributed by atoms with Gasteiger partial charge in [0.2, 0.25) is 0 Å². The summed E-state index contributed by atoms with van der Waals surface area (Å²) in [6.07, 6.45) is 0.738. The van der Waals surface area contributed by atoms with Gasteiger partial charge in [-0.05, 0) is 24.3 Å². The number of halogens is 2. The first-order valence-corrected chi connectivity index (χ1v) is 8.39. The molecule has 6 heteroatoms. The van der Waals surface area contributed by atoms with E-state index in [-0.39, 0.29) is 18.6 Å². The first kappa shape index (κ1) is 16.1. The highest BCUT2D eigenvalue weighted by atomic mass is 79.9. The fourth-order valence-electron chi connectivity index (χ4n) is 2.46. The number of amides is 1. The molecule has 1 heterocycles. The highest BCUT2D eigenvalue weighted by Crippen LogP contribution is 2.31. The summed E-state index contributed by atoms with van der Waals surface area (Å²) >= 11 is 9.39. The van der Waals surface area contributed by atoms with Gasteiger partial charge in [0.25, 0.3) is 5.91 Å². The summed E-state index contributed by atoms with van der Waals surface area (Å²) in [5.74, 6) is 1.11. The molecule has 0 spiro atoms. The second-order valence-corrected chi connectivity index (χ2v) is 6.48. The van der Waals surface area contributed by atoms with Gasteiger partial charge < -0.3 is 14.8 Å². The number of hydrogen-bond acceptors (Lipinski definition) is 3. The van der Waals surface area contributed by atoms with E-state index >= 15 is 0 Å². The first-order valence-electron chi connectivity index (χ1n) is 7.22. The highest BCUT2D eigenvalue weighted by molar-refractivity contribution is 9.10. The molecule has 2 aromatic rings. The Balaban J connectivity index is 1.60. The van der Waals surface area contributed by atoms with Crippen LogP contribution in [0.1, 0.15) is 18.0 Å². The third-order valence-corrected chi connectivity index (χ3v) is 4.34. The lowest BCUT2D eigenvalue weighted by atomic mass is 10.0. The van der Waals surface area contributed by atoms with E-state index in [1.54, 1.807) is 12.1 Å². The number of para-hydroxylation sites is 1. The van der Waals surface area contributed by atoms with Gasteiger partial charge in [0.05, 0.1) is 17.7 Å². The van der Waals surface area contributed by atoms with E-state index < -0.39 is 0 Å². The minimum Gasteiger partial charge on any atom is -0.493 e. The molecule has 0 radical (unpaired) electrons. The van der Waals surface area contributed by atoms with Crippen molar-refractivity contribution in [3.05, 3.63) is 57.5 Å². The van der Waals surface area contributed by atoms with Crippen molar-refractivity contribution >= 4 is 33.4 Å². The largest absolute Gasteiger partial charge is 0.493 e. The molecule has 1 N–H and O–H groups in total. The van der Waals surface area contributed by atoms with Gasteiger partial charge in [-0.2, -0.15) is 0 Å². The van der Waals surface area contributed by atoms with Crippen molar-refractivity contribution in [2.24, 2.45) is 0 Å². The van der Waals surface area contributed by atoms with Crippen molar-refractivity contribution in [2.45, 2.75) is 12.5 Å². The van der Waals surface area contributed by atoms with E-state index in [9.17, 15) is 4.79 Å². The Bertz CT molecular complexity index is 723. The molecule has 0 bridgehead atoms. The number of hydrogen-bond donors (Lipinski definition) is 1. The molecule has 1 aliphatic heterocycles. The van der Waals surface area contributed by atoms with Crippen molar-refractivity contribution in [1.82, 2.24) is 5.32 Å². The summed E-state index contributed by atoms with van der Waals surface area (Å²) in [5, 5.41) is 3.44. The summed E-state index contributed by atoms with van der Waals surface area (Å²) in [6, 6.07) is 12.9. The lowest BCUT2D eigenvalue weighted by Crippen LogP contribution is -2.35. The van der Waals surface area contributed by atoms with Gasteiger partial charge in [0.15, 0.2) is 6.61 Å². The van der Waals surface area contributed by atoms with Crippen molar-refractivity contribution in [3.63, 3.8) is 0 Å². The van der Waals surface area contributed by atoms with Crippen LogP contribution in [0.25, 0.3) is 0 Å². The Morgan fingerprint density at radius 3 is 3.00 bits per heavy atom. The van der Waals surface area contributed by atoms with Crippen LogP contribution >= 0.6 is 27.5 Å². The maximum absolute atomic E-state index is 12.1. The van der Waals surface area contributed by atoms with Gasteiger partial charge in [-0.3, -0.25) is 4.79 Å². The Kier molecular flexibility index (Phi) is 5.08. The number of carbonyl (C=O) groups excluding carboxylic acids is 1. The smallest absolute Gasteiger partial charge is 0.258 e. The van der Waals surface area contributed by atoms with Gasteiger partial charge in [-0.25, -0.2) is 0 Å². The minimum atomic E-state index is -0.189. The third-order valence-electron chi connectivity index (χ3n) is 3.55. The van der Waals surface area contributed by atoms with Crippen LogP contribution in [0, 0.1) is 0 Å². The van der Waals surface area contributed by atoms with Crippen LogP contribution in [-0.4, -0.2) is 19.1 Å². The molecule has 23 heavy (non-hydrogen) atoms. The molecule has 0 aliphatic carbocycles. The molecular formula is C17H15BrClNO3. The number of fused-ring (bicyclic) bond motifs is 1. The van der Waals surface area contributed by atoms with Crippen LogP contribution < -0.4 is 14.8 Å². The van der Waals surface area contributed by atoms with E-state index in [2.05, 4.69) is 21.2 Å². The normalized spacial score (nSPS) is 16.2. The van der Waals surface area contributed by atoms with Crippen LogP contribution in [0.2, 0.25) is 5.02 Å². The zero-order valence-electron chi connectivity index (χ0n) is 12.2. The molecule has 4 nitrogen and oxygen atoms in total. The maximum atomic E-state index is 12.1. The van der Waals surface area contributed by atoms with Gasteiger partial charge in [0, 0.05) is 16.5 Å². The van der Waals surface area contributed by atoms with E-state index in [1.165, 1.54) is 0 Å². The molecular weight excluding hydrogens is 382 g/mol. The van der Waals surface area contributed by atoms with Crippen LogP contribution in [0.5, 0.6) is 11.5 Å². The van der Waals surface area contributed by atoms with Crippen molar-refractivity contribution in [2.75, 3.05) is 13.2 Å². The minimum absolute atomic E-state index is 0.0589. The van der Waals surface area contributed by atoms with Crippen molar-refractivity contribution in [3.8, 4) is 11.5 Å². The average molecular weight is 397 g/mol. The van der Waals surface area contributed by atoms with Gasteiger partial charge in [0.1, 0.15) is 11.5 Å². The molecule has 1 aliphatic rings. The molecule has 0 fully saturated rings. The van der Waals surface area contributed by atoms with Gasteiger partial charge in [-0.15, -0.1) is 0 Å². The zero-order chi connectivity index (χ0) is 16.2. The van der Waals surface area contributed by atoms with Gasteiger partial charge >= 0.3 is 0 Å². The third kappa shape index (κ3) is 3.98. The summed E-state index contributed by atoms with van der Waals surface area (Å²) in [7, 11) is 0. The summed E-state index contributed by atoms with van der Waals surface area (Å²) in [6.45, 7) is 0.502. The number of nitrogens with one attached hydrogen (secondary N) is 1. The molecule has 1 amide bonds. The second-order valence-electron chi connectivity index (χ2n) is 5.16. The summed E-state index contributed by atoms with van der Waals surface area (Å²) in [4.78, 5) is 12.1. The lowest BCUT2D eigenvalue weighted by molar-refractivity contribution is -0.124. The average Bonchev–Trinajstić information content (AvgIpc) is 2.54. The van der Waals surface area contributed by atoms with Crippen LogP contribution in [0.15, 0.2) is 46.9 Å². The molecule has 0 aromatic heterocycles. The summed E-state index contributed by atoms with van der Waals surface area (Å²) < 4.78 is 11.9.